The maximum atomic E-state index is 12.5. The number of allylic oxidation sites excluding steroid dienone is 4. The van der Waals surface area contributed by atoms with Gasteiger partial charge in [0.2, 0.25) is 0 Å². The van der Waals surface area contributed by atoms with Gasteiger partial charge in [-0.2, -0.15) is 0 Å². The first kappa shape index (κ1) is 17.6. The first-order chi connectivity index (χ1) is 11.7. The third-order valence-corrected chi connectivity index (χ3v) is 5.40. The molecular formula is C21H25NO3. The molecule has 1 amide bonds. The van der Waals surface area contributed by atoms with E-state index in [0.29, 0.717) is 11.3 Å². The van der Waals surface area contributed by atoms with Crippen molar-refractivity contribution in [2.45, 2.75) is 52.1 Å². The van der Waals surface area contributed by atoms with E-state index in [-0.39, 0.29) is 17.6 Å². The van der Waals surface area contributed by atoms with Crippen LogP contribution in [-0.2, 0) is 15.2 Å². The number of benzene rings is 1. The molecule has 132 valence electrons. The van der Waals surface area contributed by atoms with Crippen molar-refractivity contribution in [3.63, 3.8) is 0 Å². The van der Waals surface area contributed by atoms with Crippen LogP contribution in [0.3, 0.4) is 0 Å². The van der Waals surface area contributed by atoms with Crippen LogP contribution >= 0.6 is 0 Å². The standard InChI is InChI=1S/C21H25NO3/c1-14-7-6-12-20(2,3)16(14)11-10-15(23)13-21(25)17-8-4-5-9-18(17)22-19(21)24/h4-5,8-11,25H,6-7,12-13H2,1-3H3,(H,22,24)/b11-10+. The number of carbonyl (C=O) groups is 2. The molecule has 0 spiro atoms. The maximum absolute atomic E-state index is 12.5. The van der Waals surface area contributed by atoms with Crippen LogP contribution in [0.25, 0.3) is 0 Å². The van der Waals surface area contributed by atoms with E-state index in [4.69, 9.17) is 0 Å². The number of rotatable bonds is 4. The summed E-state index contributed by atoms with van der Waals surface area (Å²) in [4.78, 5) is 24.7. The second-order valence-corrected chi connectivity index (χ2v) is 7.77. The van der Waals surface area contributed by atoms with Crippen molar-refractivity contribution >= 4 is 17.4 Å². The number of ketones is 1. The lowest BCUT2D eigenvalue weighted by molar-refractivity contribution is -0.138. The average Bonchev–Trinajstić information content (AvgIpc) is 2.77. The molecule has 4 nitrogen and oxygen atoms in total. The van der Waals surface area contributed by atoms with Crippen molar-refractivity contribution in [2.24, 2.45) is 5.41 Å². The normalized spacial score (nSPS) is 25.2. The zero-order valence-electron chi connectivity index (χ0n) is 15.1. The van der Waals surface area contributed by atoms with Gasteiger partial charge in [0, 0.05) is 11.3 Å². The predicted molar refractivity (Wildman–Crippen MR) is 98.1 cm³/mol. The number of hydrogen-bond donors (Lipinski definition) is 2. The maximum Gasteiger partial charge on any atom is 0.261 e. The van der Waals surface area contributed by atoms with E-state index in [1.165, 1.54) is 23.6 Å². The topological polar surface area (TPSA) is 66.4 Å². The number of para-hydroxylation sites is 1. The minimum Gasteiger partial charge on any atom is -0.375 e. The average molecular weight is 339 g/mol. The third kappa shape index (κ3) is 3.19. The molecule has 0 bridgehead atoms. The first-order valence-corrected chi connectivity index (χ1v) is 8.78. The fourth-order valence-corrected chi connectivity index (χ4v) is 3.97. The minimum absolute atomic E-state index is 0.0490. The highest BCUT2D eigenvalue weighted by Gasteiger charge is 2.46. The highest BCUT2D eigenvalue weighted by molar-refractivity contribution is 6.08. The van der Waals surface area contributed by atoms with Gasteiger partial charge in [-0.05, 0) is 49.3 Å². The van der Waals surface area contributed by atoms with Crippen LogP contribution in [0.1, 0.15) is 52.0 Å². The Balaban J connectivity index is 1.80. The van der Waals surface area contributed by atoms with Crippen molar-refractivity contribution < 1.29 is 14.7 Å². The summed E-state index contributed by atoms with van der Waals surface area (Å²) >= 11 is 0. The fourth-order valence-electron chi connectivity index (χ4n) is 3.97. The van der Waals surface area contributed by atoms with Crippen LogP contribution in [0, 0.1) is 5.41 Å². The smallest absolute Gasteiger partial charge is 0.261 e. The van der Waals surface area contributed by atoms with Gasteiger partial charge in [0.15, 0.2) is 11.4 Å². The fraction of sp³-hybridized carbons (Fsp3) is 0.429. The Kier molecular flexibility index (Phi) is 4.41. The van der Waals surface area contributed by atoms with Crippen molar-refractivity contribution in [3.05, 3.63) is 53.1 Å². The molecule has 0 radical (unpaired) electrons. The largest absolute Gasteiger partial charge is 0.375 e. The second kappa shape index (κ2) is 6.26. The van der Waals surface area contributed by atoms with Crippen LogP contribution in [-0.4, -0.2) is 16.8 Å². The summed E-state index contributed by atoms with van der Waals surface area (Å²) in [5.41, 5.74) is 1.80. The van der Waals surface area contributed by atoms with Gasteiger partial charge in [-0.15, -0.1) is 0 Å². The van der Waals surface area contributed by atoms with Crippen LogP contribution in [0.5, 0.6) is 0 Å². The number of anilines is 1. The van der Waals surface area contributed by atoms with Crippen molar-refractivity contribution in [1.29, 1.82) is 0 Å². The Hall–Kier alpha value is -2.20. The van der Waals surface area contributed by atoms with Gasteiger partial charge in [0.25, 0.3) is 5.91 Å². The molecule has 25 heavy (non-hydrogen) atoms. The molecule has 1 unspecified atom stereocenters. The SMILES string of the molecule is CC1=C(/C=C/C(=O)CC2(O)C(=O)Nc3ccccc32)C(C)(C)CCC1. The summed E-state index contributed by atoms with van der Waals surface area (Å²) < 4.78 is 0. The summed E-state index contributed by atoms with van der Waals surface area (Å²) in [6.07, 6.45) is 6.45. The Morgan fingerprint density at radius 3 is 2.76 bits per heavy atom. The lowest BCUT2D eigenvalue weighted by Crippen LogP contribution is -2.36. The number of nitrogens with one attached hydrogen (secondary N) is 1. The molecule has 4 heteroatoms. The minimum atomic E-state index is -1.79. The molecule has 0 saturated heterocycles. The van der Waals surface area contributed by atoms with E-state index in [9.17, 15) is 14.7 Å². The monoisotopic (exact) mass is 339 g/mol. The lowest BCUT2D eigenvalue weighted by atomic mass is 9.72. The van der Waals surface area contributed by atoms with Gasteiger partial charge in [0.1, 0.15) is 0 Å². The zero-order chi connectivity index (χ0) is 18.2. The molecule has 2 aliphatic rings. The summed E-state index contributed by atoms with van der Waals surface area (Å²) in [7, 11) is 0. The van der Waals surface area contributed by atoms with Crippen LogP contribution in [0.4, 0.5) is 5.69 Å². The molecule has 1 aromatic rings. The van der Waals surface area contributed by atoms with Crippen molar-refractivity contribution in [2.75, 3.05) is 5.32 Å². The summed E-state index contributed by atoms with van der Waals surface area (Å²) in [5.74, 6) is -0.792. The quantitative estimate of drug-likeness (QED) is 0.819. The zero-order valence-corrected chi connectivity index (χ0v) is 15.1. The van der Waals surface area contributed by atoms with E-state index < -0.39 is 11.5 Å². The lowest BCUT2D eigenvalue weighted by Gasteiger charge is -2.32. The van der Waals surface area contributed by atoms with Crippen LogP contribution in [0.15, 0.2) is 47.6 Å². The molecule has 1 atom stereocenters. The molecule has 1 aliphatic heterocycles. The van der Waals surface area contributed by atoms with E-state index in [0.717, 1.165) is 12.8 Å². The van der Waals surface area contributed by atoms with E-state index in [1.807, 2.05) is 6.08 Å². The van der Waals surface area contributed by atoms with E-state index in [1.54, 1.807) is 24.3 Å². The first-order valence-electron chi connectivity index (χ1n) is 8.78. The van der Waals surface area contributed by atoms with Crippen LogP contribution in [0.2, 0.25) is 0 Å². The van der Waals surface area contributed by atoms with E-state index >= 15 is 0 Å². The Morgan fingerprint density at radius 1 is 1.32 bits per heavy atom. The van der Waals surface area contributed by atoms with Gasteiger partial charge in [-0.1, -0.05) is 43.7 Å². The molecule has 1 heterocycles. The summed E-state index contributed by atoms with van der Waals surface area (Å²) in [5, 5.41) is 13.4. The highest BCUT2D eigenvalue weighted by atomic mass is 16.3. The Bertz CT molecular complexity index is 788. The molecule has 1 aliphatic carbocycles. The third-order valence-electron chi connectivity index (χ3n) is 5.40. The molecule has 2 N–H and O–H groups in total. The molecule has 0 fully saturated rings. The summed E-state index contributed by atoms with van der Waals surface area (Å²) in [6, 6.07) is 6.95. The molecule has 3 rings (SSSR count). The van der Waals surface area contributed by atoms with E-state index in [2.05, 4.69) is 26.1 Å². The number of amides is 1. The predicted octanol–water partition coefficient (Wildman–Crippen LogP) is 3.87. The molecular weight excluding hydrogens is 314 g/mol. The number of hydrogen-bond acceptors (Lipinski definition) is 3. The number of fused-ring (bicyclic) bond motifs is 1. The van der Waals surface area contributed by atoms with Gasteiger partial charge < -0.3 is 10.4 Å². The van der Waals surface area contributed by atoms with Gasteiger partial charge >= 0.3 is 0 Å². The van der Waals surface area contributed by atoms with Crippen LogP contribution < -0.4 is 5.32 Å². The number of aliphatic hydroxyl groups is 1. The molecule has 1 aromatic carbocycles. The molecule has 0 aromatic heterocycles. The highest BCUT2D eigenvalue weighted by Crippen LogP contribution is 2.41. The van der Waals surface area contributed by atoms with Gasteiger partial charge in [0.05, 0.1) is 6.42 Å². The second-order valence-electron chi connectivity index (χ2n) is 7.77. The number of carbonyl (C=O) groups excluding carboxylic acids is 2. The van der Waals surface area contributed by atoms with Crippen molar-refractivity contribution in [1.82, 2.24) is 0 Å². The van der Waals surface area contributed by atoms with Gasteiger partial charge in [-0.25, -0.2) is 0 Å². The Morgan fingerprint density at radius 2 is 2.04 bits per heavy atom. The van der Waals surface area contributed by atoms with Gasteiger partial charge in [-0.3, -0.25) is 9.59 Å². The summed E-state index contributed by atoms with van der Waals surface area (Å²) in [6.45, 7) is 6.49. The Labute approximate surface area is 148 Å². The van der Waals surface area contributed by atoms with Crippen molar-refractivity contribution in [3.8, 4) is 0 Å². The molecule has 0 saturated carbocycles.